The molecule has 0 spiro atoms. The smallest absolute Gasteiger partial charge is 0.303 e. The molecule has 4 nitrogen and oxygen atoms in total. The van der Waals surface area contributed by atoms with Crippen molar-refractivity contribution in [3.05, 3.63) is 99.0 Å². The zero-order chi connectivity index (χ0) is 28.3. The van der Waals surface area contributed by atoms with Crippen molar-refractivity contribution in [2.45, 2.75) is 56.8 Å². The molecule has 0 unspecified atom stereocenters. The van der Waals surface area contributed by atoms with Gasteiger partial charge in [-0.15, -0.1) is 11.3 Å². The summed E-state index contributed by atoms with van der Waals surface area (Å²) in [6.45, 7) is 3.66. The number of nitrogens with zero attached hydrogens (tertiary/aromatic N) is 1. The number of halogens is 1. The monoisotopic (exact) mass is 591 g/mol. The zero-order valence-electron chi connectivity index (χ0n) is 22.8. The Hall–Kier alpha value is -2.64. The van der Waals surface area contributed by atoms with E-state index in [1.807, 2.05) is 62.0 Å². The number of rotatable bonds is 12. The second-order valence-corrected chi connectivity index (χ2v) is 14.2. The molecule has 2 N–H and O–H groups in total. The summed E-state index contributed by atoms with van der Waals surface area (Å²) in [6.07, 6.45) is 8.04. The number of hydrogen-bond acceptors (Lipinski definition) is 5. The molecule has 1 aliphatic rings. The Morgan fingerprint density at radius 2 is 1.93 bits per heavy atom. The van der Waals surface area contributed by atoms with E-state index in [1.165, 1.54) is 16.9 Å². The summed E-state index contributed by atoms with van der Waals surface area (Å²) in [5.41, 5.74) is 5.23. The highest BCUT2D eigenvalue weighted by Crippen LogP contribution is 2.53. The van der Waals surface area contributed by atoms with Gasteiger partial charge in [-0.05, 0) is 91.5 Å². The van der Waals surface area contributed by atoms with E-state index >= 15 is 0 Å². The van der Waals surface area contributed by atoms with Gasteiger partial charge in [0.05, 0.1) is 32.3 Å². The third-order valence-electron chi connectivity index (χ3n) is 7.52. The fourth-order valence-electron chi connectivity index (χ4n) is 5.16. The first-order valence-electron chi connectivity index (χ1n) is 13.6. The van der Waals surface area contributed by atoms with Gasteiger partial charge in [0, 0.05) is 11.0 Å². The van der Waals surface area contributed by atoms with Gasteiger partial charge in [-0.2, -0.15) is 11.8 Å². The predicted octanol–water partition coefficient (Wildman–Crippen LogP) is 9.01. The van der Waals surface area contributed by atoms with Crippen LogP contribution in [0.15, 0.2) is 66.7 Å². The van der Waals surface area contributed by atoms with E-state index < -0.39 is 11.6 Å². The van der Waals surface area contributed by atoms with Crippen molar-refractivity contribution < 1.29 is 15.0 Å². The number of aromatic nitrogens is 1. The maximum atomic E-state index is 11.5. The van der Waals surface area contributed by atoms with E-state index in [2.05, 4.69) is 42.5 Å². The van der Waals surface area contributed by atoms with Crippen LogP contribution in [0, 0.1) is 5.41 Å². The lowest BCUT2D eigenvalue weighted by molar-refractivity contribution is -0.138. The first kappa shape index (κ1) is 28.9. The van der Waals surface area contributed by atoms with Crippen LogP contribution in [-0.4, -0.2) is 26.9 Å². The molecule has 0 amide bonds. The third-order valence-corrected chi connectivity index (χ3v) is 10.4. The Morgan fingerprint density at radius 3 is 2.67 bits per heavy atom. The van der Waals surface area contributed by atoms with Gasteiger partial charge < -0.3 is 10.2 Å². The van der Waals surface area contributed by atoms with Crippen LogP contribution in [0.2, 0.25) is 4.34 Å². The number of fused-ring (bicyclic) bond motifs is 1. The number of aliphatic hydroxyl groups is 1. The van der Waals surface area contributed by atoms with Gasteiger partial charge in [0.1, 0.15) is 0 Å². The minimum absolute atomic E-state index is 0.0773. The molecule has 5 rings (SSSR count). The van der Waals surface area contributed by atoms with Crippen molar-refractivity contribution in [3.63, 3.8) is 0 Å². The number of pyridine rings is 1. The molecule has 2 aromatic carbocycles. The van der Waals surface area contributed by atoms with Gasteiger partial charge in [0.15, 0.2) is 0 Å². The largest absolute Gasteiger partial charge is 0.481 e. The SMILES string of the molecule is CC(C)(O)c1ccccc1CC[C@@H](SCC1(CC(=O)O)CC1)c1cccc(C=Cc2ccc3sc(Cl)cc3n2)c1. The molecule has 0 aliphatic heterocycles. The topological polar surface area (TPSA) is 70.4 Å². The van der Waals surface area contributed by atoms with Crippen molar-refractivity contribution in [3.8, 4) is 0 Å². The first-order chi connectivity index (χ1) is 19.1. The minimum Gasteiger partial charge on any atom is -0.481 e. The van der Waals surface area contributed by atoms with Crippen LogP contribution in [0.4, 0.5) is 0 Å². The average Bonchev–Trinajstić information content (AvgIpc) is 3.56. The second-order valence-electron chi connectivity index (χ2n) is 11.3. The van der Waals surface area contributed by atoms with Crippen LogP contribution >= 0.6 is 34.7 Å². The van der Waals surface area contributed by atoms with Gasteiger partial charge >= 0.3 is 5.97 Å². The Morgan fingerprint density at radius 1 is 1.12 bits per heavy atom. The van der Waals surface area contributed by atoms with Crippen molar-refractivity contribution in [2.75, 3.05) is 5.75 Å². The summed E-state index contributed by atoms with van der Waals surface area (Å²) in [4.78, 5) is 16.2. The van der Waals surface area contributed by atoms with E-state index in [-0.39, 0.29) is 17.1 Å². The van der Waals surface area contributed by atoms with E-state index in [4.69, 9.17) is 16.6 Å². The number of aryl methyl sites for hydroxylation is 1. The fourth-order valence-corrected chi connectivity index (χ4v) is 7.81. The van der Waals surface area contributed by atoms with Crippen LogP contribution < -0.4 is 0 Å². The number of aliphatic carboxylic acids is 1. The third kappa shape index (κ3) is 7.35. The normalized spacial score (nSPS) is 15.5. The summed E-state index contributed by atoms with van der Waals surface area (Å²) < 4.78 is 1.81. The minimum atomic E-state index is -0.908. The maximum Gasteiger partial charge on any atom is 0.303 e. The van der Waals surface area contributed by atoms with Crippen molar-refractivity contribution in [2.24, 2.45) is 5.41 Å². The van der Waals surface area contributed by atoms with Crippen LogP contribution in [0.1, 0.15) is 72.7 Å². The van der Waals surface area contributed by atoms with E-state index in [1.54, 1.807) is 0 Å². The molecule has 2 aromatic heterocycles. The highest BCUT2D eigenvalue weighted by atomic mass is 35.5. The highest BCUT2D eigenvalue weighted by molar-refractivity contribution is 7.99. The fraction of sp³-hybridized carbons (Fsp3) is 0.333. The van der Waals surface area contributed by atoms with Gasteiger partial charge in [0.2, 0.25) is 0 Å². The molecule has 0 bridgehead atoms. The number of thioether (sulfide) groups is 1. The molecule has 1 atom stereocenters. The van der Waals surface area contributed by atoms with E-state index in [0.29, 0.717) is 0 Å². The molecule has 1 aliphatic carbocycles. The van der Waals surface area contributed by atoms with Gasteiger partial charge in [-0.3, -0.25) is 4.79 Å². The standard InChI is InChI=1S/C33H34ClNO3S2/c1-32(2,38)26-9-4-3-7-23(26)11-14-28(39-21-33(16-17-33)20-31(36)37)24-8-5-6-22(18-24)10-12-25-13-15-29-27(35-25)19-30(34)40-29/h3-10,12-13,15,18-19,28,38H,11,14,16-17,20-21H2,1-2H3,(H,36,37)/t28-/m1/s1. The number of carboxylic acids is 1. The predicted molar refractivity (Wildman–Crippen MR) is 169 cm³/mol. The van der Waals surface area contributed by atoms with E-state index in [0.717, 1.165) is 68.4 Å². The molecular weight excluding hydrogens is 558 g/mol. The maximum absolute atomic E-state index is 11.5. The van der Waals surface area contributed by atoms with Crippen LogP contribution in [0.25, 0.3) is 22.4 Å². The Labute approximate surface area is 249 Å². The number of benzene rings is 2. The molecule has 0 radical (unpaired) electrons. The van der Waals surface area contributed by atoms with Gasteiger partial charge in [-0.25, -0.2) is 4.98 Å². The summed E-state index contributed by atoms with van der Waals surface area (Å²) in [7, 11) is 0. The molecule has 4 aromatic rings. The summed E-state index contributed by atoms with van der Waals surface area (Å²) in [5.74, 6) is 0.127. The number of hydrogen-bond donors (Lipinski definition) is 2. The lowest BCUT2D eigenvalue weighted by atomic mass is 9.90. The second kappa shape index (κ2) is 12.1. The number of carboxylic acid groups (broad SMARTS) is 1. The number of thiophene rings is 1. The average molecular weight is 592 g/mol. The summed E-state index contributed by atoms with van der Waals surface area (Å²) >= 11 is 9.55. The molecule has 0 saturated heterocycles. The quantitative estimate of drug-likeness (QED) is 0.172. The summed E-state index contributed by atoms with van der Waals surface area (Å²) in [6, 6.07) is 22.7. The van der Waals surface area contributed by atoms with Crippen molar-refractivity contribution in [1.82, 2.24) is 4.98 Å². The van der Waals surface area contributed by atoms with Crippen molar-refractivity contribution in [1.29, 1.82) is 0 Å². The van der Waals surface area contributed by atoms with Crippen LogP contribution in [0.3, 0.4) is 0 Å². The zero-order valence-corrected chi connectivity index (χ0v) is 25.2. The first-order valence-corrected chi connectivity index (χ1v) is 15.8. The van der Waals surface area contributed by atoms with Crippen molar-refractivity contribution >= 4 is 63.0 Å². The Balaban J connectivity index is 1.37. The number of carbonyl (C=O) groups is 1. The lowest BCUT2D eigenvalue weighted by Crippen LogP contribution is -2.18. The molecule has 208 valence electrons. The molecule has 40 heavy (non-hydrogen) atoms. The van der Waals surface area contributed by atoms with Gasteiger partial charge in [-0.1, -0.05) is 66.2 Å². The van der Waals surface area contributed by atoms with Crippen LogP contribution in [0.5, 0.6) is 0 Å². The van der Waals surface area contributed by atoms with Gasteiger partial charge in [0.25, 0.3) is 0 Å². The molecule has 2 heterocycles. The lowest BCUT2D eigenvalue weighted by Gasteiger charge is -2.24. The summed E-state index contributed by atoms with van der Waals surface area (Å²) in [5, 5.41) is 20.4. The Bertz CT molecular complexity index is 1530. The van der Waals surface area contributed by atoms with E-state index in [9.17, 15) is 15.0 Å². The molecular formula is C33H34ClNO3S2. The Kier molecular flexibility index (Phi) is 8.72. The molecule has 1 fully saturated rings. The molecule has 7 heteroatoms. The highest BCUT2D eigenvalue weighted by Gasteiger charge is 2.44. The molecule has 1 saturated carbocycles. The van der Waals surface area contributed by atoms with Crippen LogP contribution in [-0.2, 0) is 16.8 Å².